The molecular weight excluding hydrogens is 236 g/mol. The lowest BCUT2D eigenvalue weighted by Crippen LogP contribution is -2.08. The minimum absolute atomic E-state index is 0.0946. The molecule has 0 saturated carbocycles. The van der Waals surface area contributed by atoms with Crippen LogP contribution in [0.4, 0.5) is 0 Å². The van der Waals surface area contributed by atoms with E-state index in [9.17, 15) is 4.79 Å². The number of hydrogen-bond acceptors (Lipinski definition) is 2. The quantitative estimate of drug-likeness (QED) is 0.505. The number of carbonyl (C=O) groups excluding carboxylic acids is 1. The average Bonchev–Trinajstić information content (AvgIpc) is 2.84. The van der Waals surface area contributed by atoms with E-state index in [0.29, 0.717) is 0 Å². The summed E-state index contributed by atoms with van der Waals surface area (Å²) in [7, 11) is 0. The highest BCUT2D eigenvalue weighted by Gasteiger charge is 2.28. The van der Waals surface area contributed by atoms with Crippen LogP contribution in [0.3, 0.4) is 0 Å². The predicted molar refractivity (Wildman–Crippen MR) is 74.5 cm³/mol. The number of aryl methyl sites for hydroxylation is 1. The Hall–Kier alpha value is -2.35. The van der Waals surface area contributed by atoms with Crippen molar-refractivity contribution in [3.8, 4) is 11.1 Å². The van der Waals surface area contributed by atoms with Crippen molar-refractivity contribution in [3.63, 3.8) is 0 Å². The number of hydrogen-bond donors (Lipinski definition) is 0. The predicted octanol–water partition coefficient (Wildman–Crippen LogP) is 4.21. The van der Waals surface area contributed by atoms with E-state index in [0.717, 1.165) is 45.4 Å². The molecule has 19 heavy (non-hydrogen) atoms. The van der Waals surface area contributed by atoms with Crippen LogP contribution in [0.2, 0.25) is 0 Å². The Morgan fingerprint density at radius 3 is 2.47 bits per heavy atom. The summed E-state index contributed by atoms with van der Waals surface area (Å²) in [6.45, 7) is 2.08. The Morgan fingerprint density at radius 2 is 1.68 bits per heavy atom. The van der Waals surface area contributed by atoms with Crippen LogP contribution in [0, 0.1) is 0 Å². The van der Waals surface area contributed by atoms with E-state index in [-0.39, 0.29) is 5.78 Å². The highest BCUT2D eigenvalue weighted by atomic mass is 16.3. The van der Waals surface area contributed by atoms with Gasteiger partial charge in [-0.3, -0.25) is 4.79 Å². The second-order valence-corrected chi connectivity index (χ2v) is 4.81. The molecule has 0 atom stereocenters. The normalized spacial score (nSPS) is 12.8. The van der Waals surface area contributed by atoms with E-state index in [2.05, 4.69) is 6.92 Å². The first-order valence-electron chi connectivity index (χ1n) is 6.49. The summed E-state index contributed by atoms with van der Waals surface area (Å²) in [6.07, 6.45) is 0.825. The largest absolute Gasteiger partial charge is 0.460 e. The molecule has 0 unspecified atom stereocenters. The molecule has 1 heterocycles. The number of benzene rings is 2. The van der Waals surface area contributed by atoms with Gasteiger partial charge in [-0.15, -0.1) is 0 Å². The second kappa shape index (κ2) is 3.58. The summed E-state index contributed by atoms with van der Waals surface area (Å²) in [5.74, 6) is 1.06. The van der Waals surface area contributed by atoms with E-state index < -0.39 is 0 Å². The molecule has 92 valence electrons. The lowest BCUT2D eigenvalue weighted by atomic mass is 9.84. The Kier molecular flexibility index (Phi) is 1.99. The van der Waals surface area contributed by atoms with Gasteiger partial charge < -0.3 is 4.42 Å². The number of fused-ring (bicyclic) bond motifs is 2. The van der Waals surface area contributed by atoms with Crippen LogP contribution in [-0.4, -0.2) is 5.78 Å². The van der Waals surface area contributed by atoms with Crippen LogP contribution in [0.25, 0.3) is 22.1 Å². The molecule has 0 aliphatic heterocycles. The molecule has 2 aromatic carbocycles. The van der Waals surface area contributed by atoms with E-state index >= 15 is 0 Å². The Balaban J connectivity index is 2.26. The number of carbonyl (C=O) groups is 1. The smallest absolute Gasteiger partial charge is 0.194 e. The maximum atomic E-state index is 12.6. The zero-order valence-corrected chi connectivity index (χ0v) is 10.6. The van der Waals surface area contributed by atoms with Crippen molar-refractivity contribution in [2.75, 3.05) is 0 Å². The maximum absolute atomic E-state index is 12.6. The van der Waals surface area contributed by atoms with Gasteiger partial charge in [-0.05, 0) is 11.6 Å². The minimum Gasteiger partial charge on any atom is -0.460 e. The molecule has 0 saturated heterocycles. The van der Waals surface area contributed by atoms with Crippen molar-refractivity contribution in [3.05, 3.63) is 59.4 Å². The van der Waals surface area contributed by atoms with Crippen molar-refractivity contribution >= 4 is 16.8 Å². The first-order chi connectivity index (χ1) is 9.31. The van der Waals surface area contributed by atoms with Crippen molar-refractivity contribution < 1.29 is 9.21 Å². The third-order valence-electron chi connectivity index (χ3n) is 3.79. The number of rotatable bonds is 1. The topological polar surface area (TPSA) is 30.2 Å². The average molecular weight is 248 g/mol. The van der Waals surface area contributed by atoms with Crippen LogP contribution in [-0.2, 0) is 6.42 Å². The van der Waals surface area contributed by atoms with E-state index in [1.165, 1.54) is 0 Å². The van der Waals surface area contributed by atoms with Gasteiger partial charge in [-0.2, -0.15) is 0 Å². The van der Waals surface area contributed by atoms with E-state index in [1.807, 2.05) is 42.5 Å². The van der Waals surface area contributed by atoms with Crippen LogP contribution in [0.5, 0.6) is 0 Å². The highest BCUT2D eigenvalue weighted by Crippen LogP contribution is 2.43. The van der Waals surface area contributed by atoms with Gasteiger partial charge >= 0.3 is 0 Å². The van der Waals surface area contributed by atoms with Gasteiger partial charge in [-0.25, -0.2) is 0 Å². The van der Waals surface area contributed by atoms with Crippen LogP contribution < -0.4 is 0 Å². The molecule has 1 aliphatic rings. The van der Waals surface area contributed by atoms with Crippen molar-refractivity contribution in [2.45, 2.75) is 13.3 Å². The fourth-order valence-electron chi connectivity index (χ4n) is 2.96. The number of furan rings is 1. The molecule has 0 fully saturated rings. The van der Waals surface area contributed by atoms with Crippen LogP contribution >= 0.6 is 0 Å². The van der Waals surface area contributed by atoms with Crippen molar-refractivity contribution in [1.82, 2.24) is 0 Å². The van der Waals surface area contributed by atoms with Gasteiger partial charge in [0.2, 0.25) is 0 Å². The minimum atomic E-state index is 0.0946. The Morgan fingerprint density at radius 1 is 0.947 bits per heavy atom. The van der Waals surface area contributed by atoms with E-state index in [1.54, 1.807) is 0 Å². The monoisotopic (exact) mass is 248 g/mol. The molecule has 4 rings (SSSR count). The fraction of sp³-hybridized carbons (Fsp3) is 0.118. The van der Waals surface area contributed by atoms with Gasteiger partial charge in [0.25, 0.3) is 0 Å². The third kappa shape index (κ3) is 1.23. The lowest BCUT2D eigenvalue weighted by Gasteiger charge is -2.15. The molecule has 0 N–H and O–H groups in total. The lowest BCUT2D eigenvalue weighted by molar-refractivity contribution is 0.104. The summed E-state index contributed by atoms with van der Waals surface area (Å²) < 4.78 is 5.91. The highest BCUT2D eigenvalue weighted by molar-refractivity contribution is 6.25. The number of ketones is 1. The first-order valence-corrected chi connectivity index (χ1v) is 6.49. The van der Waals surface area contributed by atoms with Crippen molar-refractivity contribution in [1.29, 1.82) is 0 Å². The summed E-state index contributed by atoms with van der Waals surface area (Å²) in [6, 6.07) is 13.5. The third-order valence-corrected chi connectivity index (χ3v) is 3.79. The van der Waals surface area contributed by atoms with Gasteiger partial charge in [0.05, 0.1) is 0 Å². The molecule has 1 aliphatic carbocycles. The SMILES string of the molecule is CCc1oc2cccc3c2c1-c1ccccc1C3=O. The van der Waals surface area contributed by atoms with Gasteiger partial charge in [0.15, 0.2) is 5.78 Å². The summed E-state index contributed by atoms with van der Waals surface area (Å²) in [4.78, 5) is 12.6. The zero-order chi connectivity index (χ0) is 13.0. The molecular formula is C17H12O2. The van der Waals surface area contributed by atoms with Crippen LogP contribution in [0.1, 0.15) is 28.6 Å². The molecule has 0 spiro atoms. The zero-order valence-electron chi connectivity index (χ0n) is 10.6. The molecule has 3 aromatic rings. The van der Waals surface area contributed by atoms with Gasteiger partial charge in [0, 0.05) is 28.5 Å². The van der Waals surface area contributed by atoms with Gasteiger partial charge in [0.1, 0.15) is 11.3 Å². The molecule has 2 nitrogen and oxygen atoms in total. The molecule has 0 radical (unpaired) electrons. The molecule has 2 heteroatoms. The van der Waals surface area contributed by atoms with E-state index in [4.69, 9.17) is 4.42 Å². The Bertz CT molecular complexity index is 824. The first kappa shape index (κ1) is 10.6. The molecule has 1 aromatic heterocycles. The summed E-state index contributed by atoms with van der Waals surface area (Å²) >= 11 is 0. The summed E-state index contributed by atoms with van der Waals surface area (Å²) in [5, 5.41) is 0.975. The second-order valence-electron chi connectivity index (χ2n) is 4.81. The fourth-order valence-corrected chi connectivity index (χ4v) is 2.96. The van der Waals surface area contributed by atoms with Gasteiger partial charge in [-0.1, -0.05) is 43.3 Å². The Labute approximate surface area is 110 Å². The summed E-state index contributed by atoms with van der Waals surface area (Å²) in [5.41, 5.74) is 4.45. The maximum Gasteiger partial charge on any atom is 0.194 e. The van der Waals surface area contributed by atoms with Crippen LogP contribution in [0.15, 0.2) is 46.9 Å². The molecule has 0 bridgehead atoms. The standard InChI is InChI=1S/C17H12O2/c1-2-13-15-10-6-3-4-7-11(10)17(18)12-8-5-9-14(19-13)16(12)15/h3-9H,2H2,1H3. The molecule has 0 amide bonds. The van der Waals surface area contributed by atoms with Crippen molar-refractivity contribution in [2.24, 2.45) is 0 Å².